The fourth-order valence-electron chi connectivity index (χ4n) is 3.71. The topological polar surface area (TPSA) is 69.6 Å². The zero-order valence-electron chi connectivity index (χ0n) is 14.1. The Bertz CT molecular complexity index is 583. The predicted molar refractivity (Wildman–Crippen MR) is 91.0 cm³/mol. The lowest BCUT2D eigenvalue weighted by molar-refractivity contribution is -0.132. The van der Waals surface area contributed by atoms with Crippen LogP contribution in [0.3, 0.4) is 0 Å². The number of fused-ring (bicyclic) bond motifs is 1. The molecule has 3 rings (SSSR count). The second-order valence-corrected chi connectivity index (χ2v) is 7.08. The van der Waals surface area contributed by atoms with Crippen LogP contribution >= 0.6 is 0 Å². The molecular weight excluding hydrogens is 304 g/mol. The van der Waals surface area contributed by atoms with Gasteiger partial charge in [0.15, 0.2) is 0 Å². The lowest BCUT2D eigenvalue weighted by atomic mass is 9.98. The van der Waals surface area contributed by atoms with E-state index in [9.17, 15) is 14.7 Å². The van der Waals surface area contributed by atoms with E-state index >= 15 is 0 Å². The second-order valence-electron chi connectivity index (χ2n) is 7.08. The Morgan fingerprint density at radius 2 is 1.75 bits per heavy atom. The van der Waals surface area contributed by atoms with Crippen LogP contribution in [0.1, 0.15) is 56.1 Å². The van der Waals surface area contributed by atoms with Crippen molar-refractivity contribution < 1.29 is 14.7 Å². The fourth-order valence-corrected chi connectivity index (χ4v) is 3.71. The summed E-state index contributed by atoms with van der Waals surface area (Å²) in [5.74, 6) is 0.0234. The summed E-state index contributed by atoms with van der Waals surface area (Å²) < 4.78 is 0. The molecule has 2 amide bonds. The molecular formula is C19H26N2O3. The molecule has 130 valence electrons. The van der Waals surface area contributed by atoms with Gasteiger partial charge >= 0.3 is 0 Å². The predicted octanol–water partition coefficient (Wildman–Crippen LogP) is 2.12. The minimum absolute atomic E-state index is 0.111. The highest BCUT2D eigenvalue weighted by Crippen LogP contribution is 2.32. The lowest BCUT2D eigenvalue weighted by Gasteiger charge is -2.21. The van der Waals surface area contributed by atoms with Crippen molar-refractivity contribution in [2.45, 2.75) is 63.6 Å². The van der Waals surface area contributed by atoms with E-state index in [2.05, 4.69) is 17.4 Å². The highest BCUT2D eigenvalue weighted by molar-refractivity contribution is 5.78. The van der Waals surface area contributed by atoms with E-state index in [4.69, 9.17) is 0 Å². The SMILES string of the molecule is O=C(CC1(O)CCCC1)NCCCC(=O)N1Cc2ccccc2C1. The number of carbonyl (C=O) groups excluding carboxylic acids is 2. The Labute approximate surface area is 143 Å². The molecule has 0 radical (unpaired) electrons. The number of carbonyl (C=O) groups is 2. The van der Waals surface area contributed by atoms with Crippen molar-refractivity contribution in [3.8, 4) is 0 Å². The molecule has 2 aliphatic rings. The summed E-state index contributed by atoms with van der Waals surface area (Å²) in [6, 6.07) is 8.13. The number of aliphatic hydroxyl groups is 1. The van der Waals surface area contributed by atoms with Crippen molar-refractivity contribution in [2.75, 3.05) is 6.54 Å². The molecule has 1 fully saturated rings. The zero-order chi connectivity index (χ0) is 17.0. The molecule has 1 aliphatic carbocycles. The van der Waals surface area contributed by atoms with Crippen molar-refractivity contribution in [3.63, 3.8) is 0 Å². The lowest BCUT2D eigenvalue weighted by Crippen LogP contribution is -2.35. The third kappa shape index (κ3) is 4.15. The average molecular weight is 330 g/mol. The monoisotopic (exact) mass is 330 g/mol. The summed E-state index contributed by atoms with van der Waals surface area (Å²) >= 11 is 0. The highest BCUT2D eigenvalue weighted by Gasteiger charge is 2.33. The van der Waals surface area contributed by atoms with Gasteiger partial charge < -0.3 is 15.3 Å². The molecule has 1 heterocycles. The molecule has 0 atom stereocenters. The number of nitrogens with zero attached hydrogens (tertiary/aromatic N) is 1. The van der Waals surface area contributed by atoms with Crippen LogP contribution in [0.15, 0.2) is 24.3 Å². The molecule has 0 saturated heterocycles. The smallest absolute Gasteiger partial charge is 0.223 e. The Morgan fingerprint density at radius 1 is 1.12 bits per heavy atom. The van der Waals surface area contributed by atoms with Gasteiger partial charge in [0.25, 0.3) is 0 Å². The van der Waals surface area contributed by atoms with Crippen molar-refractivity contribution in [2.24, 2.45) is 0 Å². The van der Waals surface area contributed by atoms with Crippen LogP contribution in [-0.4, -0.2) is 34.0 Å². The molecule has 5 heteroatoms. The largest absolute Gasteiger partial charge is 0.389 e. The summed E-state index contributed by atoms with van der Waals surface area (Å²) in [5, 5.41) is 13.0. The molecule has 1 aromatic carbocycles. The number of benzene rings is 1. The molecule has 1 saturated carbocycles. The Morgan fingerprint density at radius 3 is 2.38 bits per heavy atom. The molecule has 2 N–H and O–H groups in total. The van der Waals surface area contributed by atoms with Gasteiger partial charge in [-0.1, -0.05) is 37.1 Å². The van der Waals surface area contributed by atoms with Gasteiger partial charge in [0, 0.05) is 26.1 Å². The Hall–Kier alpha value is -1.88. The molecule has 5 nitrogen and oxygen atoms in total. The minimum Gasteiger partial charge on any atom is -0.389 e. The van der Waals surface area contributed by atoms with Gasteiger partial charge in [-0.15, -0.1) is 0 Å². The maximum atomic E-state index is 12.3. The summed E-state index contributed by atoms with van der Waals surface area (Å²) in [7, 11) is 0. The molecule has 1 aliphatic heterocycles. The summed E-state index contributed by atoms with van der Waals surface area (Å²) in [6.45, 7) is 1.87. The normalized spacial score (nSPS) is 18.5. The maximum Gasteiger partial charge on any atom is 0.223 e. The standard InChI is InChI=1S/C19H26N2O3/c22-17(12-19(24)9-3-4-10-19)20-11-5-8-18(23)21-13-15-6-1-2-7-16(15)14-21/h1-2,6-7,24H,3-5,8-14H2,(H,20,22). The first-order chi connectivity index (χ1) is 11.6. The van der Waals surface area contributed by atoms with Crippen LogP contribution in [0.5, 0.6) is 0 Å². The van der Waals surface area contributed by atoms with Gasteiger partial charge in [0.1, 0.15) is 0 Å². The van der Waals surface area contributed by atoms with Crippen molar-refractivity contribution in [1.29, 1.82) is 0 Å². The van der Waals surface area contributed by atoms with E-state index in [1.807, 2.05) is 17.0 Å². The van der Waals surface area contributed by atoms with Gasteiger partial charge in [-0.2, -0.15) is 0 Å². The van der Waals surface area contributed by atoms with Crippen molar-refractivity contribution in [1.82, 2.24) is 10.2 Å². The van der Waals surface area contributed by atoms with Gasteiger partial charge in [-0.3, -0.25) is 9.59 Å². The van der Waals surface area contributed by atoms with Gasteiger partial charge in [0.05, 0.1) is 12.0 Å². The first kappa shape index (κ1) is 17.0. The van der Waals surface area contributed by atoms with Gasteiger partial charge in [-0.25, -0.2) is 0 Å². The van der Waals surface area contributed by atoms with E-state index in [-0.39, 0.29) is 18.2 Å². The van der Waals surface area contributed by atoms with Gasteiger partial charge in [-0.05, 0) is 30.4 Å². The van der Waals surface area contributed by atoms with Crippen molar-refractivity contribution in [3.05, 3.63) is 35.4 Å². The summed E-state index contributed by atoms with van der Waals surface area (Å²) in [5.41, 5.74) is 1.65. The highest BCUT2D eigenvalue weighted by atomic mass is 16.3. The molecule has 0 unspecified atom stereocenters. The maximum absolute atomic E-state index is 12.3. The van der Waals surface area contributed by atoms with Gasteiger partial charge in [0.2, 0.25) is 11.8 Å². The zero-order valence-corrected chi connectivity index (χ0v) is 14.1. The number of rotatable bonds is 6. The number of nitrogens with one attached hydrogen (secondary N) is 1. The first-order valence-corrected chi connectivity index (χ1v) is 8.89. The van der Waals surface area contributed by atoms with Crippen LogP contribution in [-0.2, 0) is 22.7 Å². The molecule has 0 aromatic heterocycles. The minimum atomic E-state index is -0.804. The van der Waals surface area contributed by atoms with Crippen LogP contribution < -0.4 is 5.32 Å². The number of hydrogen-bond donors (Lipinski definition) is 2. The second kappa shape index (κ2) is 7.34. The molecule has 0 bridgehead atoms. The number of amides is 2. The van der Waals surface area contributed by atoms with E-state index in [1.165, 1.54) is 11.1 Å². The quantitative estimate of drug-likeness (QED) is 0.785. The Kier molecular flexibility index (Phi) is 5.19. The Balaban J connectivity index is 1.34. The van der Waals surface area contributed by atoms with E-state index in [0.717, 1.165) is 12.8 Å². The fraction of sp³-hybridized carbons (Fsp3) is 0.579. The summed E-state index contributed by atoms with van der Waals surface area (Å²) in [4.78, 5) is 26.0. The van der Waals surface area contributed by atoms with Crippen LogP contribution in [0.2, 0.25) is 0 Å². The third-order valence-electron chi connectivity index (χ3n) is 5.11. The van der Waals surface area contributed by atoms with E-state index < -0.39 is 5.60 Å². The number of hydrogen-bond acceptors (Lipinski definition) is 3. The van der Waals surface area contributed by atoms with Crippen LogP contribution in [0.4, 0.5) is 0 Å². The molecule has 24 heavy (non-hydrogen) atoms. The third-order valence-corrected chi connectivity index (χ3v) is 5.11. The van der Waals surface area contributed by atoms with Crippen LogP contribution in [0.25, 0.3) is 0 Å². The first-order valence-electron chi connectivity index (χ1n) is 8.89. The molecule has 0 spiro atoms. The summed E-state index contributed by atoms with van der Waals surface area (Å²) in [6.07, 6.45) is 4.69. The molecule has 1 aromatic rings. The van der Waals surface area contributed by atoms with Crippen LogP contribution in [0, 0.1) is 0 Å². The van der Waals surface area contributed by atoms with Crippen molar-refractivity contribution >= 4 is 11.8 Å². The average Bonchev–Trinajstić information content (AvgIpc) is 3.17. The van der Waals surface area contributed by atoms with E-state index in [1.54, 1.807) is 0 Å². The van der Waals surface area contributed by atoms with E-state index in [0.29, 0.717) is 45.3 Å².